The summed E-state index contributed by atoms with van der Waals surface area (Å²) in [5.74, 6) is 4.10. The molecule has 0 bridgehead atoms. The molecule has 5 rings (SSSR count). The second-order valence-electron chi connectivity index (χ2n) is 10.8. The largest absolute Gasteiger partial charge is 0.348 e. The van der Waals surface area contributed by atoms with E-state index in [1.165, 1.54) is 51.4 Å². The van der Waals surface area contributed by atoms with Crippen LogP contribution in [0.4, 0.5) is 8.78 Å². The predicted molar refractivity (Wildman–Crippen MR) is 105 cm³/mol. The van der Waals surface area contributed by atoms with Crippen molar-refractivity contribution in [2.75, 3.05) is 13.2 Å². The summed E-state index contributed by atoms with van der Waals surface area (Å²) in [5.41, 5.74) is 0. The van der Waals surface area contributed by atoms with E-state index in [1.807, 2.05) is 0 Å². The van der Waals surface area contributed by atoms with Crippen LogP contribution in [0.15, 0.2) is 0 Å². The van der Waals surface area contributed by atoms with Crippen LogP contribution in [0.5, 0.6) is 0 Å². The van der Waals surface area contributed by atoms with Gasteiger partial charge in [-0.3, -0.25) is 0 Å². The molecule has 6 atom stereocenters. The highest BCUT2D eigenvalue weighted by Gasteiger charge is 2.45. The van der Waals surface area contributed by atoms with E-state index >= 15 is 0 Å². The lowest BCUT2D eigenvalue weighted by atomic mass is 9.59. The standard InChI is InChI=1S/C24H38F2O2/c25-22-13-21(14-23(26)15-22)20-4-3-18-11-17(1-2-19(18)12-20)16-5-7-24(8-6-16)27-9-10-28-24/h16-23H,1-15H2. The van der Waals surface area contributed by atoms with E-state index < -0.39 is 12.3 Å². The van der Waals surface area contributed by atoms with E-state index in [9.17, 15) is 8.78 Å². The van der Waals surface area contributed by atoms with Crippen LogP contribution in [0.3, 0.4) is 0 Å². The maximum atomic E-state index is 13.9. The topological polar surface area (TPSA) is 18.5 Å². The minimum atomic E-state index is -0.898. The molecule has 5 fully saturated rings. The highest BCUT2D eigenvalue weighted by atomic mass is 19.1. The monoisotopic (exact) mass is 396 g/mol. The van der Waals surface area contributed by atoms with Gasteiger partial charge in [0, 0.05) is 19.3 Å². The average Bonchev–Trinajstić information content (AvgIpc) is 3.15. The van der Waals surface area contributed by atoms with Gasteiger partial charge in [0.25, 0.3) is 0 Å². The minimum Gasteiger partial charge on any atom is -0.348 e. The Bertz CT molecular complexity index is 515. The lowest BCUT2D eigenvalue weighted by Crippen LogP contribution is -2.40. The molecule has 1 aliphatic heterocycles. The second kappa shape index (κ2) is 8.13. The first-order valence-electron chi connectivity index (χ1n) is 12.2. The molecule has 0 N–H and O–H groups in total. The Morgan fingerprint density at radius 2 is 0.964 bits per heavy atom. The Morgan fingerprint density at radius 3 is 1.50 bits per heavy atom. The van der Waals surface area contributed by atoms with Gasteiger partial charge in [-0.25, -0.2) is 8.78 Å². The molecule has 5 aliphatic rings. The van der Waals surface area contributed by atoms with Gasteiger partial charge in [0.1, 0.15) is 12.3 Å². The summed E-state index contributed by atoms with van der Waals surface area (Å²) in [5, 5.41) is 0. The first kappa shape index (κ1) is 19.7. The highest BCUT2D eigenvalue weighted by molar-refractivity contribution is 4.93. The SMILES string of the molecule is FC1CC(F)CC(C2CCC3CC(C4CCC5(CC4)OCCO5)CCC3C2)C1. The van der Waals surface area contributed by atoms with Crippen LogP contribution in [0, 0.1) is 35.5 Å². The summed E-state index contributed by atoms with van der Waals surface area (Å²) < 4.78 is 39.6. The van der Waals surface area contributed by atoms with Crippen LogP contribution in [-0.4, -0.2) is 31.3 Å². The lowest BCUT2D eigenvalue weighted by Gasteiger charge is -2.48. The zero-order valence-corrected chi connectivity index (χ0v) is 17.3. The van der Waals surface area contributed by atoms with E-state index in [4.69, 9.17) is 9.47 Å². The van der Waals surface area contributed by atoms with Crippen LogP contribution in [0.25, 0.3) is 0 Å². The summed E-state index contributed by atoms with van der Waals surface area (Å²) >= 11 is 0. The fraction of sp³-hybridized carbons (Fsp3) is 1.00. The summed E-state index contributed by atoms with van der Waals surface area (Å²) in [4.78, 5) is 0. The zero-order chi connectivity index (χ0) is 19.1. The second-order valence-corrected chi connectivity index (χ2v) is 10.8. The normalized spacial score (nSPS) is 47.1. The van der Waals surface area contributed by atoms with Gasteiger partial charge in [0.2, 0.25) is 0 Å². The first-order chi connectivity index (χ1) is 13.6. The Morgan fingerprint density at radius 1 is 0.500 bits per heavy atom. The van der Waals surface area contributed by atoms with E-state index in [0.29, 0.717) is 24.7 Å². The Hall–Kier alpha value is -0.220. The molecular weight excluding hydrogens is 358 g/mol. The molecule has 0 aromatic rings. The molecule has 2 nitrogen and oxygen atoms in total. The fourth-order valence-electron chi connectivity index (χ4n) is 7.76. The van der Waals surface area contributed by atoms with Crippen LogP contribution in [0.2, 0.25) is 0 Å². The Balaban J connectivity index is 1.12. The molecule has 4 aliphatic carbocycles. The van der Waals surface area contributed by atoms with Crippen molar-refractivity contribution in [1.82, 2.24) is 0 Å². The number of rotatable bonds is 2. The fourth-order valence-corrected chi connectivity index (χ4v) is 7.76. The Kier molecular flexibility index (Phi) is 5.73. The number of ether oxygens (including phenoxy) is 2. The molecular formula is C24H38F2O2. The smallest absolute Gasteiger partial charge is 0.168 e. The average molecular weight is 397 g/mol. The maximum absolute atomic E-state index is 13.9. The van der Waals surface area contributed by atoms with Gasteiger partial charge >= 0.3 is 0 Å². The molecule has 28 heavy (non-hydrogen) atoms. The number of alkyl halides is 2. The zero-order valence-electron chi connectivity index (χ0n) is 17.3. The van der Waals surface area contributed by atoms with Gasteiger partial charge in [0.15, 0.2) is 5.79 Å². The summed E-state index contributed by atoms with van der Waals surface area (Å²) in [6, 6.07) is 0. The summed E-state index contributed by atoms with van der Waals surface area (Å²) in [7, 11) is 0. The number of halogens is 2. The van der Waals surface area contributed by atoms with Crippen molar-refractivity contribution in [3.63, 3.8) is 0 Å². The third kappa shape index (κ3) is 4.02. The van der Waals surface area contributed by atoms with Crippen molar-refractivity contribution in [2.24, 2.45) is 35.5 Å². The van der Waals surface area contributed by atoms with E-state index in [1.54, 1.807) is 0 Å². The van der Waals surface area contributed by atoms with Crippen LogP contribution >= 0.6 is 0 Å². The minimum absolute atomic E-state index is 0.149. The molecule has 1 heterocycles. The molecule has 6 unspecified atom stereocenters. The molecule has 4 heteroatoms. The number of hydrogen-bond donors (Lipinski definition) is 0. The van der Waals surface area contributed by atoms with Crippen LogP contribution < -0.4 is 0 Å². The van der Waals surface area contributed by atoms with Crippen LogP contribution in [0.1, 0.15) is 83.5 Å². The van der Waals surface area contributed by atoms with E-state index in [2.05, 4.69) is 0 Å². The van der Waals surface area contributed by atoms with E-state index in [-0.39, 0.29) is 12.2 Å². The van der Waals surface area contributed by atoms with Gasteiger partial charge in [-0.1, -0.05) is 0 Å². The lowest BCUT2D eigenvalue weighted by molar-refractivity contribution is -0.186. The molecule has 0 radical (unpaired) electrons. The van der Waals surface area contributed by atoms with Gasteiger partial charge in [-0.15, -0.1) is 0 Å². The molecule has 1 spiro atoms. The summed E-state index contributed by atoms with van der Waals surface area (Å²) in [6.45, 7) is 1.54. The maximum Gasteiger partial charge on any atom is 0.168 e. The van der Waals surface area contributed by atoms with Crippen LogP contribution in [-0.2, 0) is 9.47 Å². The molecule has 4 saturated carbocycles. The summed E-state index contributed by atoms with van der Waals surface area (Å²) in [6.07, 6.45) is 12.2. The quantitative estimate of drug-likeness (QED) is 0.551. The molecule has 0 aromatic heterocycles. The molecule has 160 valence electrons. The van der Waals surface area contributed by atoms with Crippen molar-refractivity contribution in [3.8, 4) is 0 Å². The Labute approximate surface area is 169 Å². The van der Waals surface area contributed by atoms with Gasteiger partial charge < -0.3 is 9.47 Å². The number of hydrogen-bond acceptors (Lipinski definition) is 2. The first-order valence-corrected chi connectivity index (χ1v) is 12.2. The van der Waals surface area contributed by atoms with E-state index in [0.717, 1.165) is 49.7 Å². The third-order valence-electron chi connectivity index (χ3n) is 9.26. The molecule has 0 amide bonds. The van der Waals surface area contributed by atoms with Crippen molar-refractivity contribution < 1.29 is 18.3 Å². The molecule has 0 aromatic carbocycles. The van der Waals surface area contributed by atoms with Crippen molar-refractivity contribution in [1.29, 1.82) is 0 Å². The van der Waals surface area contributed by atoms with Gasteiger partial charge in [-0.2, -0.15) is 0 Å². The number of fused-ring (bicyclic) bond motifs is 1. The van der Waals surface area contributed by atoms with Crippen molar-refractivity contribution in [3.05, 3.63) is 0 Å². The highest BCUT2D eigenvalue weighted by Crippen LogP contribution is 2.52. The van der Waals surface area contributed by atoms with Crippen molar-refractivity contribution >= 4 is 0 Å². The van der Waals surface area contributed by atoms with Gasteiger partial charge in [0.05, 0.1) is 13.2 Å². The predicted octanol–water partition coefficient (Wildman–Crippen LogP) is 6.23. The van der Waals surface area contributed by atoms with Gasteiger partial charge in [-0.05, 0) is 99.7 Å². The van der Waals surface area contributed by atoms with Crippen molar-refractivity contribution in [2.45, 2.75) is 102 Å². The third-order valence-corrected chi connectivity index (χ3v) is 9.26. The molecule has 1 saturated heterocycles.